The first-order valence-electron chi connectivity index (χ1n) is 9.61. The minimum Gasteiger partial charge on any atom is -0.493 e. The molecule has 0 saturated carbocycles. The molecule has 1 saturated heterocycles. The molecule has 2 amide bonds. The van der Waals surface area contributed by atoms with Crippen LogP contribution in [0.15, 0.2) is 42.5 Å². The fourth-order valence-corrected chi connectivity index (χ4v) is 3.39. The number of anilines is 1. The second-order valence-electron chi connectivity index (χ2n) is 6.96. The van der Waals surface area contributed by atoms with Gasteiger partial charge in [-0.2, -0.15) is 0 Å². The molecule has 1 N–H and O–H groups in total. The van der Waals surface area contributed by atoms with Crippen molar-refractivity contribution in [3.63, 3.8) is 0 Å². The van der Waals surface area contributed by atoms with Crippen LogP contribution in [0.1, 0.15) is 15.9 Å². The van der Waals surface area contributed by atoms with Crippen LogP contribution >= 0.6 is 0 Å². The minimum atomic E-state index is -0.322. The third-order valence-electron chi connectivity index (χ3n) is 5.05. The molecule has 1 heterocycles. The van der Waals surface area contributed by atoms with Crippen molar-refractivity contribution in [2.45, 2.75) is 6.92 Å². The summed E-state index contributed by atoms with van der Waals surface area (Å²) in [6, 6.07) is 13.3. The van der Waals surface area contributed by atoms with Crippen LogP contribution in [0.4, 0.5) is 5.69 Å². The molecular weight excluding hydrogens is 370 g/mol. The lowest BCUT2D eigenvalue weighted by Crippen LogP contribution is -2.51. The summed E-state index contributed by atoms with van der Waals surface area (Å²) >= 11 is 0. The Morgan fingerprint density at radius 2 is 1.69 bits per heavy atom. The summed E-state index contributed by atoms with van der Waals surface area (Å²) in [5.74, 6) is 0.616. The van der Waals surface area contributed by atoms with E-state index in [0.29, 0.717) is 30.2 Å². The minimum absolute atomic E-state index is 0.0301. The zero-order chi connectivity index (χ0) is 20.8. The van der Waals surface area contributed by atoms with E-state index < -0.39 is 0 Å². The molecule has 0 radical (unpaired) electrons. The molecule has 0 unspecified atom stereocenters. The number of aryl methyl sites for hydroxylation is 1. The van der Waals surface area contributed by atoms with Crippen LogP contribution in [-0.2, 0) is 4.79 Å². The fourth-order valence-electron chi connectivity index (χ4n) is 3.39. The average Bonchev–Trinajstić information content (AvgIpc) is 2.76. The lowest BCUT2D eigenvalue weighted by Gasteiger charge is -2.36. The molecule has 0 spiro atoms. The van der Waals surface area contributed by atoms with Gasteiger partial charge in [-0.1, -0.05) is 12.1 Å². The Morgan fingerprint density at radius 3 is 2.34 bits per heavy atom. The summed E-state index contributed by atoms with van der Waals surface area (Å²) in [4.78, 5) is 29.0. The summed E-state index contributed by atoms with van der Waals surface area (Å²) in [6.07, 6.45) is 0. The van der Waals surface area contributed by atoms with Crippen molar-refractivity contribution in [3.05, 3.63) is 53.6 Å². The van der Waals surface area contributed by atoms with Crippen LogP contribution in [0.5, 0.6) is 11.5 Å². The summed E-state index contributed by atoms with van der Waals surface area (Å²) in [6.45, 7) is 4.87. The molecule has 29 heavy (non-hydrogen) atoms. The fraction of sp³-hybridized carbons (Fsp3) is 0.364. The number of rotatable bonds is 6. The van der Waals surface area contributed by atoms with Gasteiger partial charge in [0, 0.05) is 37.4 Å². The number of nitrogens with one attached hydrogen (secondary N) is 1. The van der Waals surface area contributed by atoms with E-state index in [1.165, 1.54) is 25.5 Å². The Morgan fingerprint density at radius 1 is 0.966 bits per heavy atom. The second kappa shape index (κ2) is 9.32. The van der Waals surface area contributed by atoms with E-state index in [1.54, 1.807) is 23.1 Å². The highest BCUT2D eigenvalue weighted by Crippen LogP contribution is 2.27. The number of methoxy groups -OCH3 is 2. The molecule has 154 valence electrons. The molecule has 1 aliphatic heterocycles. The van der Waals surface area contributed by atoms with Gasteiger partial charge in [0.2, 0.25) is 5.91 Å². The maximum absolute atomic E-state index is 12.5. The van der Waals surface area contributed by atoms with Crippen molar-refractivity contribution >= 4 is 17.5 Å². The molecule has 0 atom stereocenters. The first-order chi connectivity index (χ1) is 14.0. The Hall–Kier alpha value is -3.22. The van der Waals surface area contributed by atoms with E-state index in [4.69, 9.17) is 9.47 Å². The van der Waals surface area contributed by atoms with Gasteiger partial charge >= 0.3 is 0 Å². The van der Waals surface area contributed by atoms with Gasteiger partial charge in [0.05, 0.1) is 20.8 Å². The zero-order valence-corrected chi connectivity index (χ0v) is 17.1. The van der Waals surface area contributed by atoms with E-state index >= 15 is 0 Å². The molecule has 0 aliphatic carbocycles. The first kappa shape index (κ1) is 20.5. The van der Waals surface area contributed by atoms with Crippen molar-refractivity contribution in [2.24, 2.45) is 0 Å². The van der Waals surface area contributed by atoms with E-state index in [1.807, 2.05) is 6.07 Å². The van der Waals surface area contributed by atoms with Crippen LogP contribution < -0.4 is 19.7 Å². The Bertz CT molecular complexity index is 876. The lowest BCUT2D eigenvalue weighted by molar-refractivity contribution is -0.130. The highest BCUT2D eigenvalue weighted by Gasteiger charge is 2.22. The molecule has 2 aromatic rings. The third kappa shape index (κ3) is 4.99. The number of ether oxygens (including phenoxy) is 2. The summed E-state index contributed by atoms with van der Waals surface area (Å²) in [7, 11) is 3.05. The number of benzene rings is 2. The zero-order valence-electron chi connectivity index (χ0n) is 17.1. The predicted molar refractivity (Wildman–Crippen MR) is 112 cm³/mol. The molecule has 1 aliphatic rings. The van der Waals surface area contributed by atoms with Crippen molar-refractivity contribution in [3.8, 4) is 11.5 Å². The van der Waals surface area contributed by atoms with Gasteiger partial charge in [-0.3, -0.25) is 9.59 Å². The van der Waals surface area contributed by atoms with Crippen LogP contribution in [-0.4, -0.2) is 63.7 Å². The molecule has 3 rings (SSSR count). The van der Waals surface area contributed by atoms with Crippen LogP contribution in [0.3, 0.4) is 0 Å². The predicted octanol–water partition coefficient (Wildman–Crippen LogP) is 2.09. The van der Waals surface area contributed by atoms with Crippen molar-refractivity contribution in [1.29, 1.82) is 0 Å². The molecule has 0 aromatic heterocycles. The third-order valence-corrected chi connectivity index (χ3v) is 5.05. The van der Waals surface area contributed by atoms with E-state index in [-0.39, 0.29) is 18.4 Å². The average molecular weight is 397 g/mol. The van der Waals surface area contributed by atoms with Crippen LogP contribution in [0, 0.1) is 6.92 Å². The number of amides is 2. The largest absolute Gasteiger partial charge is 0.493 e. The quantitative estimate of drug-likeness (QED) is 0.808. The van der Waals surface area contributed by atoms with Crippen LogP contribution in [0.25, 0.3) is 0 Å². The molecule has 1 fully saturated rings. The summed E-state index contributed by atoms with van der Waals surface area (Å²) in [5, 5.41) is 2.70. The number of piperazine rings is 1. The maximum Gasteiger partial charge on any atom is 0.251 e. The first-order valence-corrected chi connectivity index (χ1v) is 9.61. The number of hydrogen-bond acceptors (Lipinski definition) is 5. The van der Waals surface area contributed by atoms with Gasteiger partial charge in [0.1, 0.15) is 0 Å². The van der Waals surface area contributed by atoms with Gasteiger partial charge in [0.25, 0.3) is 5.91 Å². The summed E-state index contributed by atoms with van der Waals surface area (Å²) < 4.78 is 10.4. The number of hydrogen-bond donors (Lipinski definition) is 1. The van der Waals surface area contributed by atoms with Gasteiger partial charge in [0.15, 0.2) is 11.5 Å². The number of carbonyl (C=O) groups is 2. The normalized spacial score (nSPS) is 13.8. The standard InChI is InChI=1S/C22H27N3O4/c1-16-5-4-6-18(13-16)24-9-11-25(12-10-24)21(26)15-23-22(27)17-7-8-19(28-2)20(14-17)29-3/h4-8,13-14H,9-12,15H2,1-3H3,(H,23,27). The maximum atomic E-state index is 12.5. The summed E-state index contributed by atoms with van der Waals surface area (Å²) in [5.41, 5.74) is 2.82. The van der Waals surface area contributed by atoms with Crippen LogP contribution in [0.2, 0.25) is 0 Å². The van der Waals surface area contributed by atoms with Crippen molar-refractivity contribution in [1.82, 2.24) is 10.2 Å². The highest BCUT2D eigenvalue weighted by atomic mass is 16.5. The Kier molecular flexibility index (Phi) is 6.59. The van der Waals surface area contributed by atoms with Gasteiger partial charge in [-0.05, 0) is 42.8 Å². The Balaban J connectivity index is 1.50. The number of nitrogens with zero attached hydrogens (tertiary/aromatic N) is 2. The van der Waals surface area contributed by atoms with E-state index in [2.05, 4.69) is 35.3 Å². The number of carbonyl (C=O) groups excluding carboxylic acids is 2. The van der Waals surface area contributed by atoms with Crippen molar-refractivity contribution in [2.75, 3.05) is 51.8 Å². The van der Waals surface area contributed by atoms with Gasteiger partial charge in [-0.15, -0.1) is 0 Å². The smallest absolute Gasteiger partial charge is 0.251 e. The highest BCUT2D eigenvalue weighted by molar-refractivity contribution is 5.97. The molecule has 7 nitrogen and oxygen atoms in total. The lowest BCUT2D eigenvalue weighted by atomic mass is 10.2. The van der Waals surface area contributed by atoms with E-state index in [0.717, 1.165) is 13.1 Å². The Labute approximate surface area is 171 Å². The SMILES string of the molecule is COc1ccc(C(=O)NCC(=O)N2CCN(c3cccc(C)c3)CC2)cc1OC. The molecule has 7 heteroatoms. The van der Waals surface area contributed by atoms with Gasteiger partial charge in [-0.25, -0.2) is 0 Å². The molecule has 2 aromatic carbocycles. The monoisotopic (exact) mass is 397 g/mol. The van der Waals surface area contributed by atoms with Gasteiger partial charge < -0.3 is 24.6 Å². The molecule has 0 bridgehead atoms. The van der Waals surface area contributed by atoms with E-state index in [9.17, 15) is 9.59 Å². The topological polar surface area (TPSA) is 71.1 Å². The van der Waals surface area contributed by atoms with Crippen molar-refractivity contribution < 1.29 is 19.1 Å². The molecular formula is C22H27N3O4. The second-order valence-corrected chi connectivity index (χ2v) is 6.96.